The third-order valence-electron chi connectivity index (χ3n) is 4.36. The second-order valence-electron chi connectivity index (χ2n) is 6.16. The van der Waals surface area contributed by atoms with Crippen LogP contribution < -0.4 is 10.6 Å². The first kappa shape index (κ1) is 16.7. The van der Waals surface area contributed by atoms with Crippen molar-refractivity contribution in [2.75, 3.05) is 19.6 Å². The third-order valence-corrected chi connectivity index (χ3v) is 4.36. The Morgan fingerprint density at radius 2 is 2.14 bits per heavy atom. The summed E-state index contributed by atoms with van der Waals surface area (Å²) < 4.78 is 1.70. The number of rotatable bonds is 3. The maximum atomic E-state index is 12.3. The summed E-state index contributed by atoms with van der Waals surface area (Å²) in [7, 11) is 1.84. The Kier molecular flexibility index (Phi) is 5.03. The van der Waals surface area contributed by atoms with Gasteiger partial charge in [0.25, 0.3) is 5.91 Å². The van der Waals surface area contributed by atoms with Crippen molar-refractivity contribution in [2.45, 2.75) is 19.8 Å². The molecule has 6 nitrogen and oxygen atoms in total. The Labute approximate surface area is 136 Å². The summed E-state index contributed by atoms with van der Waals surface area (Å²) in [6.45, 7) is 5.00. The average Bonchev–Trinajstić information content (AvgIpc) is 2.87. The van der Waals surface area contributed by atoms with Gasteiger partial charge in [-0.3, -0.25) is 4.79 Å². The van der Waals surface area contributed by atoms with Gasteiger partial charge in [0, 0.05) is 19.2 Å². The number of hydrogen-bond donors (Lipinski definition) is 2. The van der Waals surface area contributed by atoms with Gasteiger partial charge in [-0.15, -0.1) is 17.5 Å². The number of carbonyl (C=O) groups is 1. The smallest absolute Gasteiger partial charge is 0.251 e. The number of benzene rings is 1. The molecule has 0 atom stereocenters. The van der Waals surface area contributed by atoms with Gasteiger partial charge in [0.15, 0.2) is 0 Å². The Morgan fingerprint density at radius 3 is 2.86 bits per heavy atom. The molecule has 2 aromatic rings. The minimum absolute atomic E-state index is 0. The summed E-state index contributed by atoms with van der Waals surface area (Å²) in [6, 6.07) is 5.50. The van der Waals surface area contributed by atoms with Crippen LogP contribution in [0.25, 0.3) is 11.0 Å². The number of piperidine rings is 1. The Hall–Kier alpha value is -1.66. The quantitative estimate of drug-likeness (QED) is 0.898. The molecule has 3 rings (SSSR count). The van der Waals surface area contributed by atoms with Crippen LogP contribution in [0.15, 0.2) is 18.2 Å². The SMILES string of the molecule is Cl.Cn1nnc2cc(C(=O)NCC3(C)CCNCC3)ccc21. The minimum atomic E-state index is -0.0395. The molecule has 1 saturated heterocycles. The maximum absolute atomic E-state index is 12.3. The highest BCUT2D eigenvalue weighted by Gasteiger charge is 2.27. The van der Waals surface area contributed by atoms with E-state index in [0.717, 1.165) is 37.0 Å². The van der Waals surface area contributed by atoms with E-state index >= 15 is 0 Å². The summed E-state index contributed by atoms with van der Waals surface area (Å²) in [4.78, 5) is 12.3. The first-order valence-corrected chi connectivity index (χ1v) is 7.36. The van der Waals surface area contributed by atoms with E-state index in [1.54, 1.807) is 10.7 Å². The first-order chi connectivity index (χ1) is 10.1. The summed E-state index contributed by atoms with van der Waals surface area (Å²) >= 11 is 0. The van der Waals surface area contributed by atoms with E-state index in [9.17, 15) is 4.79 Å². The number of aromatic nitrogens is 3. The van der Waals surface area contributed by atoms with E-state index in [1.807, 2.05) is 19.2 Å². The van der Waals surface area contributed by atoms with Gasteiger partial charge in [-0.1, -0.05) is 12.1 Å². The fourth-order valence-corrected chi connectivity index (χ4v) is 2.78. The highest BCUT2D eigenvalue weighted by atomic mass is 35.5. The number of carbonyl (C=O) groups excluding carboxylic acids is 1. The average molecular weight is 324 g/mol. The number of nitrogens with one attached hydrogen (secondary N) is 2. The lowest BCUT2D eigenvalue weighted by Crippen LogP contribution is -2.42. The van der Waals surface area contributed by atoms with Crippen LogP contribution in [0, 0.1) is 5.41 Å². The van der Waals surface area contributed by atoms with E-state index in [2.05, 4.69) is 27.9 Å². The zero-order chi connectivity index (χ0) is 14.9. The molecule has 0 saturated carbocycles. The van der Waals surface area contributed by atoms with Crippen molar-refractivity contribution in [3.05, 3.63) is 23.8 Å². The molecule has 120 valence electrons. The largest absolute Gasteiger partial charge is 0.351 e. The Bertz CT molecular complexity index is 663. The van der Waals surface area contributed by atoms with Crippen LogP contribution in [0.1, 0.15) is 30.1 Å². The number of nitrogens with zero attached hydrogens (tertiary/aromatic N) is 3. The lowest BCUT2D eigenvalue weighted by molar-refractivity contribution is 0.0922. The van der Waals surface area contributed by atoms with Crippen LogP contribution in [0.3, 0.4) is 0 Å². The molecule has 0 bridgehead atoms. The van der Waals surface area contributed by atoms with Crippen molar-refractivity contribution in [3.63, 3.8) is 0 Å². The van der Waals surface area contributed by atoms with Crippen LogP contribution in [-0.4, -0.2) is 40.5 Å². The van der Waals surface area contributed by atoms with Gasteiger partial charge in [-0.2, -0.15) is 0 Å². The zero-order valence-corrected chi connectivity index (χ0v) is 13.7. The van der Waals surface area contributed by atoms with Gasteiger partial charge >= 0.3 is 0 Å². The van der Waals surface area contributed by atoms with Crippen LogP contribution in [-0.2, 0) is 7.05 Å². The molecule has 0 spiro atoms. The van der Waals surface area contributed by atoms with Crippen molar-refractivity contribution in [3.8, 4) is 0 Å². The molecule has 2 N–H and O–H groups in total. The number of amides is 1. The van der Waals surface area contributed by atoms with Crippen molar-refractivity contribution in [1.82, 2.24) is 25.6 Å². The number of fused-ring (bicyclic) bond motifs is 1. The van der Waals surface area contributed by atoms with Crippen molar-refractivity contribution in [1.29, 1.82) is 0 Å². The van der Waals surface area contributed by atoms with Crippen LogP contribution in [0.5, 0.6) is 0 Å². The molecule has 1 amide bonds. The van der Waals surface area contributed by atoms with E-state index in [-0.39, 0.29) is 23.7 Å². The summed E-state index contributed by atoms with van der Waals surface area (Å²) in [6.07, 6.45) is 2.19. The molecule has 1 aliphatic rings. The molecule has 2 heterocycles. The third kappa shape index (κ3) is 3.39. The van der Waals surface area contributed by atoms with E-state index in [0.29, 0.717) is 12.1 Å². The van der Waals surface area contributed by atoms with E-state index in [4.69, 9.17) is 0 Å². The first-order valence-electron chi connectivity index (χ1n) is 7.36. The molecule has 1 fully saturated rings. The second kappa shape index (κ2) is 6.62. The monoisotopic (exact) mass is 323 g/mol. The highest BCUT2D eigenvalue weighted by Crippen LogP contribution is 2.26. The lowest BCUT2D eigenvalue weighted by atomic mass is 9.81. The lowest BCUT2D eigenvalue weighted by Gasteiger charge is -2.34. The molecule has 7 heteroatoms. The van der Waals surface area contributed by atoms with Crippen molar-refractivity contribution in [2.24, 2.45) is 12.5 Å². The summed E-state index contributed by atoms with van der Waals surface area (Å²) in [5.74, 6) is -0.0395. The standard InChI is InChI=1S/C15H21N5O.ClH/c1-15(5-7-16-8-6-15)10-17-14(21)11-3-4-13-12(9-11)18-19-20(13)2;/h3-4,9,16H,5-8,10H2,1-2H3,(H,17,21);1H. The Balaban J connectivity index is 0.00000176. The molecule has 1 aliphatic heterocycles. The van der Waals surface area contributed by atoms with Gasteiger partial charge in [0.1, 0.15) is 5.52 Å². The fourth-order valence-electron chi connectivity index (χ4n) is 2.78. The van der Waals surface area contributed by atoms with Crippen molar-refractivity contribution < 1.29 is 4.79 Å². The minimum Gasteiger partial charge on any atom is -0.351 e. The molecular weight excluding hydrogens is 302 g/mol. The molecule has 22 heavy (non-hydrogen) atoms. The maximum Gasteiger partial charge on any atom is 0.251 e. The number of halogens is 1. The van der Waals surface area contributed by atoms with Crippen LogP contribution in [0.2, 0.25) is 0 Å². The normalized spacial score (nSPS) is 17.0. The molecular formula is C15H22ClN5O. The van der Waals surface area contributed by atoms with Gasteiger partial charge in [0.05, 0.1) is 5.52 Å². The predicted molar refractivity (Wildman–Crippen MR) is 88.3 cm³/mol. The highest BCUT2D eigenvalue weighted by molar-refractivity contribution is 5.97. The van der Waals surface area contributed by atoms with Crippen LogP contribution >= 0.6 is 12.4 Å². The van der Waals surface area contributed by atoms with E-state index in [1.165, 1.54) is 0 Å². The molecule has 1 aromatic carbocycles. The molecule has 1 aromatic heterocycles. The fraction of sp³-hybridized carbons (Fsp3) is 0.533. The summed E-state index contributed by atoms with van der Waals surface area (Å²) in [5.41, 5.74) is 2.51. The zero-order valence-electron chi connectivity index (χ0n) is 12.9. The molecule has 0 radical (unpaired) electrons. The van der Waals surface area contributed by atoms with Gasteiger partial charge in [-0.05, 0) is 49.5 Å². The van der Waals surface area contributed by atoms with Gasteiger partial charge < -0.3 is 10.6 Å². The summed E-state index contributed by atoms with van der Waals surface area (Å²) in [5, 5.41) is 14.4. The van der Waals surface area contributed by atoms with Gasteiger partial charge in [-0.25, -0.2) is 4.68 Å². The van der Waals surface area contributed by atoms with Crippen LogP contribution in [0.4, 0.5) is 0 Å². The Morgan fingerprint density at radius 1 is 1.41 bits per heavy atom. The predicted octanol–water partition coefficient (Wildman–Crippen LogP) is 1.51. The molecule has 0 unspecified atom stereocenters. The molecule has 0 aliphatic carbocycles. The number of hydrogen-bond acceptors (Lipinski definition) is 4. The van der Waals surface area contributed by atoms with E-state index < -0.39 is 0 Å². The van der Waals surface area contributed by atoms with Crippen molar-refractivity contribution >= 4 is 29.3 Å². The second-order valence-corrected chi connectivity index (χ2v) is 6.16. The topological polar surface area (TPSA) is 71.8 Å². The van der Waals surface area contributed by atoms with Gasteiger partial charge in [0.2, 0.25) is 0 Å². The number of aryl methyl sites for hydroxylation is 1.